The minimum atomic E-state index is -3.64. The summed E-state index contributed by atoms with van der Waals surface area (Å²) in [5, 5.41) is 7.35. The van der Waals surface area contributed by atoms with E-state index in [1.807, 2.05) is 0 Å². The van der Waals surface area contributed by atoms with Crippen LogP contribution in [-0.4, -0.2) is 37.2 Å². The third-order valence-electron chi connectivity index (χ3n) is 3.91. The number of nitrogens with two attached hydrogens (primary N) is 2. The summed E-state index contributed by atoms with van der Waals surface area (Å²) in [4.78, 5) is 1.56. The van der Waals surface area contributed by atoms with Crippen molar-refractivity contribution in [1.29, 1.82) is 5.41 Å². The number of halogens is 1. The highest BCUT2D eigenvalue weighted by atomic mass is 32.2. The summed E-state index contributed by atoms with van der Waals surface area (Å²) in [6, 6.07) is 8.99. The molecule has 0 bridgehead atoms. The molecule has 8 nitrogen and oxygen atoms in total. The molecule has 0 aromatic heterocycles. The highest BCUT2D eigenvalue weighted by Crippen LogP contribution is 2.36. The number of rotatable bonds is 8. The Balaban J connectivity index is 2.43. The van der Waals surface area contributed by atoms with Gasteiger partial charge in [0.25, 0.3) is 5.17 Å². The number of nitrogens with one attached hydrogen (secondary N) is 2. The van der Waals surface area contributed by atoms with Gasteiger partial charge in [0.2, 0.25) is 10.0 Å². The molecule has 0 saturated carbocycles. The van der Waals surface area contributed by atoms with Gasteiger partial charge in [-0.1, -0.05) is 23.5 Å². The van der Waals surface area contributed by atoms with Gasteiger partial charge in [-0.05, 0) is 54.2 Å². The number of nitrogens with zero attached hydrogens (tertiary/aromatic N) is 1. The molecule has 0 spiro atoms. The van der Waals surface area contributed by atoms with E-state index in [0.29, 0.717) is 21.8 Å². The van der Waals surface area contributed by atoms with Crippen molar-refractivity contribution in [3.63, 3.8) is 0 Å². The van der Waals surface area contributed by atoms with Crippen LogP contribution in [0.1, 0.15) is 11.1 Å². The van der Waals surface area contributed by atoms with Crippen LogP contribution in [0.3, 0.4) is 0 Å². The number of hydrazine groups is 1. The fourth-order valence-corrected chi connectivity index (χ4v) is 5.03. The minimum absolute atomic E-state index is 0.00620. The van der Waals surface area contributed by atoms with Crippen LogP contribution in [0.25, 0.3) is 0 Å². The van der Waals surface area contributed by atoms with Gasteiger partial charge in [0.15, 0.2) is 5.17 Å². The van der Waals surface area contributed by atoms with E-state index in [2.05, 4.69) is 5.43 Å². The lowest BCUT2D eigenvalue weighted by Gasteiger charge is -2.16. The summed E-state index contributed by atoms with van der Waals surface area (Å²) in [7, 11) is -0.732. The Labute approximate surface area is 194 Å². The van der Waals surface area contributed by atoms with Crippen molar-refractivity contribution in [2.45, 2.75) is 27.0 Å². The second-order valence-electron chi connectivity index (χ2n) is 6.28. The van der Waals surface area contributed by atoms with Gasteiger partial charge in [0.1, 0.15) is 12.4 Å². The molecule has 0 saturated heterocycles. The second kappa shape index (κ2) is 11.1. The molecule has 2 aromatic carbocycles. The summed E-state index contributed by atoms with van der Waals surface area (Å²) in [5.74, 6) is 5.06. The maximum absolute atomic E-state index is 13.8. The molecule has 2 aromatic rings. The lowest BCUT2D eigenvalue weighted by atomic mass is 10.2. The smallest absolute Gasteiger partial charge is 0.271 e. The summed E-state index contributed by atoms with van der Waals surface area (Å²) >= 11 is 7.25. The predicted molar refractivity (Wildman–Crippen MR) is 126 cm³/mol. The van der Waals surface area contributed by atoms with Crippen LogP contribution >= 0.6 is 35.7 Å². The first-order valence-corrected chi connectivity index (χ1v) is 12.3. The average Bonchev–Trinajstić information content (AvgIpc) is 2.72. The van der Waals surface area contributed by atoms with Crippen LogP contribution in [0, 0.1) is 11.2 Å². The summed E-state index contributed by atoms with van der Waals surface area (Å²) in [5.41, 5.74) is 8.87. The Hall–Kier alpha value is -1.90. The Morgan fingerprint density at radius 3 is 2.48 bits per heavy atom. The Kier molecular flexibility index (Phi) is 9.09. The van der Waals surface area contributed by atoms with Gasteiger partial charge in [-0.25, -0.2) is 23.0 Å². The standard InChI is InChI=1S/C18H22FN5O3S4/c1-24(2)31(25,26)14-4-6-16(12(8-14)10-29-17(20)21)30-15-5-3-13(19)7-11(15)9-27-18(28)23-22/h3-8H,9-10,22H2,1-2H3,(H3,20,21)(H,23,28). The van der Waals surface area contributed by atoms with Crippen LogP contribution in [-0.2, 0) is 27.1 Å². The quantitative estimate of drug-likeness (QED) is 0.141. The maximum atomic E-state index is 13.8. The van der Waals surface area contributed by atoms with Crippen molar-refractivity contribution in [2.24, 2.45) is 11.6 Å². The predicted octanol–water partition coefficient (Wildman–Crippen LogP) is 2.62. The van der Waals surface area contributed by atoms with E-state index in [1.54, 1.807) is 18.2 Å². The number of thioether (sulfide) groups is 1. The molecule has 0 heterocycles. The van der Waals surface area contributed by atoms with Crippen molar-refractivity contribution in [2.75, 3.05) is 14.1 Å². The zero-order valence-electron chi connectivity index (χ0n) is 16.7. The SMILES string of the molecule is CN(C)S(=O)(=O)c1ccc(Sc2ccc(F)cc2COC(=S)NN)c(CSC(=N)N)c1. The normalized spacial score (nSPS) is 11.4. The molecular formula is C18H22FN5O3S4. The van der Waals surface area contributed by atoms with Crippen LogP contribution in [0.15, 0.2) is 51.1 Å². The molecule has 0 radical (unpaired) electrons. The molecule has 0 amide bonds. The first-order valence-electron chi connectivity index (χ1n) is 8.66. The van der Waals surface area contributed by atoms with Gasteiger partial charge >= 0.3 is 0 Å². The van der Waals surface area contributed by atoms with Crippen molar-refractivity contribution < 1.29 is 17.5 Å². The monoisotopic (exact) mass is 503 g/mol. The van der Waals surface area contributed by atoms with Gasteiger partial charge in [0, 0.05) is 35.2 Å². The zero-order valence-corrected chi connectivity index (χ0v) is 20.0. The number of sulfonamides is 1. The lowest BCUT2D eigenvalue weighted by Crippen LogP contribution is -2.30. The van der Waals surface area contributed by atoms with Gasteiger partial charge < -0.3 is 10.5 Å². The second-order valence-corrected chi connectivity index (χ2v) is 10.9. The molecule has 0 aliphatic heterocycles. The summed E-state index contributed by atoms with van der Waals surface area (Å²) in [6.07, 6.45) is 0. The maximum Gasteiger partial charge on any atom is 0.271 e. The van der Waals surface area contributed by atoms with E-state index in [9.17, 15) is 12.8 Å². The first kappa shape index (κ1) is 25.4. The first-order chi connectivity index (χ1) is 14.5. The summed E-state index contributed by atoms with van der Waals surface area (Å²) in [6.45, 7) is -0.00620. The van der Waals surface area contributed by atoms with Crippen LogP contribution < -0.4 is 17.0 Å². The van der Waals surface area contributed by atoms with Crippen molar-refractivity contribution in [3.05, 3.63) is 53.3 Å². The Morgan fingerprint density at radius 2 is 1.87 bits per heavy atom. The van der Waals surface area contributed by atoms with E-state index in [0.717, 1.165) is 21.0 Å². The number of thiocarbonyl (C=S) groups is 1. The largest absolute Gasteiger partial charge is 0.465 e. The summed E-state index contributed by atoms with van der Waals surface area (Å²) < 4.78 is 45.2. The third-order valence-corrected chi connectivity index (χ3v) is 7.96. The molecule has 0 atom stereocenters. The number of benzene rings is 2. The van der Waals surface area contributed by atoms with Crippen LogP contribution in [0.2, 0.25) is 0 Å². The van der Waals surface area contributed by atoms with E-state index >= 15 is 0 Å². The minimum Gasteiger partial charge on any atom is -0.465 e. The highest BCUT2D eigenvalue weighted by molar-refractivity contribution is 8.13. The molecule has 0 aliphatic rings. The molecule has 0 fully saturated rings. The van der Waals surface area contributed by atoms with E-state index in [-0.39, 0.29) is 21.8 Å². The molecule has 168 valence electrons. The van der Waals surface area contributed by atoms with E-state index < -0.39 is 15.8 Å². The molecule has 0 aliphatic carbocycles. The van der Waals surface area contributed by atoms with Crippen molar-refractivity contribution in [1.82, 2.24) is 9.73 Å². The zero-order chi connectivity index (χ0) is 23.2. The number of hydrogen-bond acceptors (Lipinski definition) is 8. The van der Waals surface area contributed by atoms with E-state index in [4.69, 9.17) is 33.9 Å². The average molecular weight is 504 g/mol. The topological polar surface area (TPSA) is 135 Å². The number of amidine groups is 1. The van der Waals surface area contributed by atoms with Gasteiger partial charge in [-0.3, -0.25) is 10.8 Å². The van der Waals surface area contributed by atoms with Crippen molar-refractivity contribution >= 4 is 56.1 Å². The third kappa shape index (κ3) is 7.05. The van der Waals surface area contributed by atoms with Gasteiger partial charge in [-0.15, -0.1) is 0 Å². The molecule has 6 N–H and O–H groups in total. The van der Waals surface area contributed by atoms with Crippen molar-refractivity contribution in [3.8, 4) is 0 Å². The molecular weight excluding hydrogens is 481 g/mol. The lowest BCUT2D eigenvalue weighted by molar-refractivity contribution is 0.283. The molecule has 13 heteroatoms. The fraction of sp³-hybridized carbons (Fsp3) is 0.222. The fourth-order valence-electron chi connectivity index (χ4n) is 2.36. The van der Waals surface area contributed by atoms with Crippen LogP contribution in [0.5, 0.6) is 0 Å². The highest BCUT2D eigenvalue weighted by Gasteiger charge is 2.20. The van der Waals surface area contributed by atoms with Gasteiger partial charge in [0.05, 0.1) is 4.90 Å². The number of ether oxygens (including phenoxy) is 1. The molecule has 0 unspecified atom stereocenters. The number of hydrogen-bond donors (Lipinski definition) is 4. The Morgan fingerprint density at radius 1 is 1.23 bits per heavy atom. The van der Waals surface area contributed by atoms with Gasteiger partial charge in [-0.2, -0.15) is 0 Å². The van der Waals surface area contributed by atoms with Crippen LogP contribution in [0.4, 0.5) is 4.39 Å². The Bertz CT molecular complexity index is 1080. The molecule has 31 heavy (non-hydrogen) atoms. The molecule has 2 rings (SSSR count). The van der Waals surface area contributed by atoms with E-state index in [1.165, 1.54) is 44.1 Å².